The van der Waals surface area contributed by atoms with Gasteiger partial charge < -0.3 is 25.8 Å². The number of nitrogens with zero attached hydrogens (tertiary/aromatic N) is 2. The second-order valence-electron chi connectivity index (χ2n) is 7.67. The van der Waals surface area contributed by atoms with E-state index in [1.807, 2.05) is 18.2 Å². The Bertz CT molecular complexity index is 867. The minimum atomic E-state index is -0.0232. The van der Waals surface area contributed by atoms with Crippen LogP contribution in [0.15, 0.2) is 42.7 Å². The molecular formula is C23H31N5O3. The molecule has 8 heteroatoms. The van der Waals surface area contributed by atoms with Gasteiger partial charge >= 0.3 is 0 Å². The molecule has 31 heavy (non-hydrogen) atoms. The quantitative estimate of drug-likeness (QED) is 0.261. The van der Waals surface area contributed by atoms with Crippen molar-refractivity contribution in [2.45, 2.75) is 25.7 Å². The molecule has 5 N–H and O–H groups in total. The summed E-state index contributed by atoms with van der Waals surface area (Å²) in [5.74, 6) is 0.696. The third-order valence-corrected chi connectivity index (χ3v) is 5.53. The second kappa shape index (κ2) is 11.3. The average Bonchev–Trinajstić information content (AvgIpc) is 2.81. The van der Waals surface area contributed by atoms with Crippen LogP contribution in [0.2, 0.25) is 0 Å². The van der Waals surface area contributed by atoms with Gasteiger partial charge in [-0.2, -0.15) is 0 Å². The van der Waals surface area contributed by atoms with Crippen molar-refractivity contribution in [3.63, 3.8) is 0 Å². The first-order valence-corrected chi connectivity index (χ1v) is 10.7. The maximum Gasteiger partial charge on any atom is 0.223 e. The lowest BCUT2D eigenvalue weighted by Crippen LogP contribution is -2.41. The van der Waals surface area contributed by atoms with Crippen LogP contribution in [0.5, 0.6) is 5.75 Å². The van der Waals surface area contributed by atoms with Crippen molar-refractivity contribution in [3.8, 4) is 5.75 Å². The zero-order chi connectivity index (χ0) is 22.1. The largest absolute Gasteiger partial charge is 0.491 e. The van der Waals surface area contributed by atoms with Crippen LogP contribution in [0.3, 0.4) is 0 Å². The number of piperidine rings is 1. The zero-order valence-electron chi connectivity index (χ0n) is 17.7. The van der Waals surface area contributed by atoms with E-state index in [2.05, 4.69) is 15.2 Å². The fraction of sp³-hybridized carbons (Fsp3) is 0.435. The fourth-order valence-electron chi connectivity index (χ4n) is 3.77. The number of nitrogens with one attached hydrogen (secondary N) is 2. The molecule has 1 amide bonds. The first-order chi connectivity index (χ1) is 15.1. The van der Waals surface area contributed by atoms with Gasteiger partial charge in [0.05, 0.1) is 6.54 Å². The van der Waals surface area contributed by atoms with Gasteiger partial charge in [-0.25, -0.2) is 0 Å². The van der Waals surface area contributed by atoms with Gasteiger partial charge in [0.1, 0.15) is 18.2 Å². The van der Waals surface area contributed by atoms with Gasteiger partial charge in [0.25, 0.3) is 0 Å². The van der Waals surface area contributed by atoms with Gasteiger partial charge in [-0.1, -0.05) is 12.1 Å². The van der Waals surface area contributed by atoms with Gasteiger partial charge in [-0.3, -0.25) is 15.2 Å². The molecule has 2 aromatic rings. The zero-order valence-corrected chi connectivity index (χ0v) is 17.7. The summed E-state index contributed by atoms with van der Waals surface area (Å²) in [6.07, 6.45) is 6.52. The lowest BCUT2D eigenvalue weighted by molar-refractivity contribution is -0.125. The van der Waals surface area contributed by atoms with E-state index >= 15 is 0 Å². The fourth-order valence-corrected chi connectivity index (χ4v) is 3.77. The molecule has 1 fully saturated rings. The van der Waals surface area contributed by atoms with E-state index in [4.69, 9.17) is 21.0 Å². The highest BCUT2D eigenvalue weighted by Gasteiger charge is 2.24. The Morgan fingerprint density at radius 2 is 2.00 bits per heavy atom. The summed E-state index contributed by atoms with van der Waals surface area (Å²) in [5, 5.41) is 19.7. The molecule has 1 aromatic carbocycles. The summed E-state index contributed by atoms with van der Waals surface area (Å²) >= 11 is 0. The number of nitrogen functional groups attached to an aromatic ring is 1. The first-order valence-electron chi connectivity index (χ1n) is 10.7. The highest BCUT2D eigenvalue weighted by Crippen LogP contribution is 2.23. The van der Waals surface area contributed by atoms with Crippen LogP contribution in [0.25, 0.3) is 0 Å². The number of anilines is 1. The summed E-state index contributed by atoms with van der Waals surface area (Å²) in [5.41, 5.74) is 8.27. The number of ether oxygens (including phenoxy) is 1. The Morgan fingerprint density at radius 1 is 1.26 bits per heavy atom. The molecule has 0 atom stereocenters. The van der Waals surface area contributed by atoms with Gasteiger partial charge in [-0.05, 0) is 49.4 Å². The number of amides is 1. The topological polar surface area (TPSA) is 125 Å². The minimum absolute atomic E-state index is 0.0132. The van der Waals surface area contributed by atoms with Crippen LogP contribution in [0.1, 0.15) is 30.4 Å². The number of nitrogens with two attached hydrogens (primary N) is 1. The monoisotopic (exact) mass is 425 g/mol. The van der Waals surface area contributed by atoms with Crippen molar-refractivity contribution in [2.75, 3.05) is 37.7 Å². The highest BCUT2D eigenvalue weighted by atomic mass is 16.5. The molecule has 1 aliphatic rings. The molecule has 0 bridgehead atoms. The van der Waals surface area contributed by atoms with Gasteiger partial charge in [0.15, 0.2) is 0 Å². The predicted molar refractivity (Wildman–Crippen MR) is 121 cm³/mol. The lowest BCUT2D eigenvalue weighted by atomic mass is 9.95. The molecule has 8 nitrogen and oxygen atoms in total. The number of hydrogen-bond acceptors (Lipinski definition) is 6. The third kappa shape index (κ3) is 6.42. The van der Waals surface area contributed by atoms with E-state index in [0.29, 0.717) is 37.3 Å². The molecule has 0 unspecified atom stereocenters. The van der Waals surface area contributed by atoms with Crippen molar-refractivity contribution < 1.29 is 14.6 Å². The van der Waals surface area contributed by atoms with Crippen LogP contribution in [0.4, 0.5) is 5.69 Å². The van der Waals surface area contributed by atoms with E-state index in [-0.39, 0.29) is 24.3 Å². The number of aliphatic hydroxyl groups excluding tert-OH is 1. The number of hydrogen-bond donors (Lipinski definition) is 4. The van der Waals surface area contributed by atoms with E-state index in [9.17, 15) is 4.79 Å². The maximum absolute atomic E-state index is 12.5. The Morgan fingerprint density at radius 3 is 2.68 bits per heavy atom. The number of carbonyl (C=O) groups excluding carboxylic acids is 1. The third-order valence-electron chi connectivity index (χ3n) is 5.53. The molecular weight excluding hydrogens is 394 g/mol. The summed E-state index contributed by atoms with van der Waals surface area (Å²) in [6, 6.07) is 9.38. The van der Waals surface area contributed by atoms with Crippen molar-refractivity contribution in [2.24, 2.45) is 11.7 Å². The van der Waals surface area contributed by atoms with Crippen LogP contribution < -0.4 is 20.7 Å². The van der Waals surface area contributed by atoms with Crippen molar-refractivity contribution in [1.29, 1.82) is 5.41 Å². The molecule has 2 heterocycles. The number of benzene rings is 1. The molecule has 1 saturated heterocycles. The van der Waals surface area contributed by atoms with Crippen LogP contribution >= 0.6 is 0 Å². The number of aryl methyl sites for hydroxylation is 1. The van der Waals surface area contributed by atoms with Crippen LogP contribution in [0, 0.1) is 11.3 Å². The lowest BCUT2D eigenvalue weighted by Gasteiger charge is -2.32. The Hall–Kier alpha value is -3.13. The summed E-state index contributed by atoms with van der Waals surface area (Å²) < 4.78 is 5.87. The molecule has 1 aliphatic heterocycles. The normalized spacial score (nSPS) is 14.3. The van der Waals surface area contributed by atoms with E-state index in [0.717, 1.165) is 37.2 Å². The van der Waals surface area contributed by atoms with Crippen LogP contribution in [-0.4, -0.2) is 54.7 Å². The summed E-state index contributed by atoms with van der Waals surface area (Å²) in [7, 11) is 0. The first kappa shape index (κ1) is 22.6. The van der Waals surface area contributed by atoms with E-state index < -0.39 is 0 Å². The SMILES string of the molecule is N=C(N)c1ccc(CCCO)c(OCCNC(=O)C2CCN(c3ccncc3)CC2)c1. The molecule has 0 radical (unpaired) electrons. The smallest absolute Gasteiger partial charge is 0.223 e. The molecule has 0 spiro atoms. The molecule has 3 rings (SSSR count). The minimum Gasteiger partial charge on any atom is -0.491 e. The van der Waals surface area contributed by atoms with Gasteiger partial charge in [0, 0.05) is 49.3 Å². The number of aliphatic hydroxyl groups is 1. The van der Waals surface area contributed by atoms with E-state index in [1.165, 1.54) is 0 Å². The Labute approximate surface area is 182 Å². The predicted octanol–water partition coefficient (Wildman–Crippen LogP) is 1.70. The van der Waals surface area contributed by atoms with Crippen LogP contribution in [-0.2, 0) is 11.2 Å². The number of amidine groups is 1. The number of rotatable bonds is 10. The Kier molecular flexibility index (Phi) is 8.23. The standard InChI is InChI=1S/C23H31N5O3/c24-22(25)19-4-3-17(2-1-14-29)21(16-19)31-15-11-27-23(30)18-7-12-28(13-8-18)20-5-9-26-10-6-20/h3-6,9-10,16,18,29H,1-2,7-8,11-15H2,(H3,24,25)(H,27,30). The van der Waals surface area contributed by atoms with Crippen molar-refractivity contribution in [3.05, 3.63) is 53.9 Å². The summed E-state index contributed by atoms with van der Waals surface area (Å²) in [4.78, 5) is 18.9. The molecule has 166 valence electrons. The molecule has 0 aliphatic carbocycles. The maximum atomic E-state index is 12.5. The molecule has 0 saturated carbocycles. The number of carbonyl (C=O) groups is 1. The van der Waals surface area contributed by atoms with Crippen molar-refractivity contribution in [1.82, 2.24) is 10.3 Å². The van der Waals surface area contributed by atoms with E-state index in [1.54, 1.807) is 24.5 Å². The van der Waals surface area contributed by atoms with Gasteiger partial charge in [-0.15, -0.1) is 0 Å². The average molecular weight is 426 g/mol. The van der Waals surface area contributed by atoms with Gasteiger partial charge in [0.2, 0.25) is 5.91 Å². The van der Waals surface area contributed by atoms with Crippen molar-refractivity contribution >= 4 is 17.4 Å². The summed E-state index contributed by atoms with van der Waals surface area (Å²) in [6.45, 7) is 2.54. The highest BCUT2D eigenvalue weighted by molar-refractivity contribution is 5.95. The number of pyridine rings is 1. The number of aromatic nitrogens is 1. The second-order valence-corrected chi connectivity index (χ2v) is 7.67. The Balaban J connectivity index is 1.45. The molecule has 1 aromatic heterocycles.